The van der Waals surface area contributed by atoms with E-state index in [2.05, 4.69) is 17.4 Å². The van der Waals surface area contributed by atoms with E-state index in [0.717, 1.165) is 6.42 Å². The molecule has 5 heteroatoms. The van der Waals surface area contributed by atoms with E-state index in [1.807, 2.05) is 39.0 Å². The lowest BCUT2D eigenvalue weighted by Gasteiger charge is -2.16. The molecule has 21 heavy (non-hydrogen) atoms. The molecule has 0 aliphatic carbocycles. The molecular weight excluding hydrogens is 288 g/mol. The van der Waals surface area contributed by atoms with E-state index in [-0.39, 0.29) is 36.4 Å². The Balaban J connectivity index is 0.00000400. The van der Waals surface area contributed by atoms with Crippen LogP contribution in [0.5, 0.6) is 0 Å². The number of hydrogen-bond donors (Lipinski definition) is 2. The van der Waals surface area contributed by atoms with E-state index >= 15 is 0 Å². The van der Waals surface area contributed by atoms with E-state index in [4.69, 9.17) is 10.5 Å². The molecule has 0 aromatic heterocycles. The van der Waals surface area contributed by atoms with E-state index in [1.54, 1.807) is 0 Å². The zero-order valence-electron chi connectivity index (χ0n) is 13.0. The molecule has 0 aliphatic rings. The van der Waals surface area contributed by atoms with Gasteiger partial charge in [-0.05, 0) is 25.8 Å². The van der Waals surface area contributed by atoms with Crippen molar-refractivity contribution in [2.75, 3.05) is 13.2 Å². The lowest BCUT2D eigenvalue weighted by Crippen LogP contribution is -2.39. The summed E-state index contributed by atoms with van der Waals surface area (Å²) in [5.41, 5.74) is 6.85. The molecule has 3 atom stereocenters. The molecular formula is C16H27ClN2O2. The summed E-state index contributed by atoms with van der Waals surface area (Å²) in [6.07, 6.45) is 0.879. The van der Waals surface area contributed by atoms with Crippen LogP contribution in [-0.4, -0.2) is 25.1 Å². The van der Waals surface area contributed by atoms with Gasteiger partial charge in [0.2, 0.25) is 5.91 Å². The van der Waals surface area contributed by atoms with Gasteiger partial charge in [0.25, 0.3) is 0 Å². The number of ether oxygens (including phenoxy) is 1. The van der Waals surface area contributed by atoms with Gasteiger partial charge in [0.1, 0.15) is 0 Å². The molecule has 3 N–H and O–H groups in total. The molecule has 0 bridgehead atoms. The zero-order chi connectivity index (χ0) is 15.0. The van der Waals surface area contributed by atoms with E-state index < -0.39 is 0 Å². The summed E-state index contributed by atoms with van der Waals surface area (Å²) in [6, 6.07) is 9.98. The predicted molar refractivity (Wildman–Crippen MR) is 88.5 cm³/mol. The Kier molecular flexibility index (Phi) is 10.0. The Hall–Kier alpha value is -1.10. The van der Waals surface area contributed by atoms with Gasteiger partial charge in [-0.25, -0.2) is 0 Å². The minimum atomic E-state index is -0.154. The van der Waals surface area contributed by atoms with E-state index in [0.29, 0.717) is 13.2 Å². The van der Waals surface area contributed by atoms with Crippen LogP contribution in [0.15, 0.2) is 30.3 Å². The van der Waals surface area contributed by atoms with Crippen LogP contribution in [0.3, 0.4) is 0 Å². The summed E-state index contributed by atoms with van der Waals surface area (Å²) in [5, 5.41) is 2.88. The van der Waals surface area contributed by atoms with Crippen molar-refractivity contribution in [1.29, 1.82) is 0 Å². The number of amides is 1. The van der Waals surface area contributed by atoms with Gasteiger partial charge in [-0.3, -0.25) is 4.79 Å². The third-order valence-corrected chi connectivity index (χ3v) is 3.46. The van der Waals surface area contributed by atoms with Crippen LogP contribution in [-0.2, 0) is 9.53 Å². The molecule has 1 aromatic rings. The Morgan fingerprint density at radius 3 is 2.43 bits per heavy atom. The van der Waals surface area contributed by atoms with Gasteiger partial charge in [-0.1, -0.05) is 37.3 Å². The summed E-state index contributed by atoms with van der Waals surface area (Å²) in [7, 11) is 0. The highest BCUT2D eigenvalue weighted by atomic mass is 35.5. The Bertz CT molecular complexity index is 399. The van der Waals surface area contributed by atoms with Crippen LogP contribution >= 0.6 is 12.4 Å². The van der Waals surface area contributed by atoms with Crippen LogP contribution in [0.1, 0.15) is 38.9 Å². The quantitative estimate of drug-likeness (QED) is 0.725. The van der Waals surface area contributed by atoms with Crippen LogP contribution in [0, 0.1) is 5.92 Å². The number of hydrogen-bond acceptors (Lipinski definition) is 3. The third kappa shape index (κ3) is 7.46. The SMILES string of the molecule is CC(OCCCNC(=O)C(C)C(C)N)c1ccccc1.Cl. The molecule has 0 fully saturated rings. The van der Waals surface area contributed by atoms with Crippen molar-refractivity contribution in [3.05, 3.63) is 35.9 Å². The third-order valence-electron chi connectivity index (χ3n) is 3.46. The highest BCUT2D eigenvalue weighted by Gasteiger charge is 2.15. The largest absolute Gasteiger partial charge is 0.374 e. The van der Waals surface area contributed by atoms with Crippen LogP contribution < -0.4 is 11.1 Å². The zero-order valence-corrected chi connectivity index (χ0v) is 13.9. The second-order valence-corrected chi connectivity index (χ2v) is 5.22. The summed E-state index contributed by atoms with van der Waals surface area (Å²) in [4.78, 5) is 11.7. The van der Waals surface area contributed by atoms with Crippen LogP contribution in [0.2, 0.25) is 0 Å². The minimum absolute atomic E-state index is 0. The average Bonchev–Trinajstić information content (AvgIpc) is 2.46. The monoisotopic (exact) mass is 314 g/mol. The van der Waals surface area contributed by atoms with Crippen molar-refractivity contribution in [3.8, 4) is 0 Å². The van der Waals surface area contributed by atoms with Crippen molar-refractivity contribution < 1.29 is 9.53 Å². The smallest absolute Gasteiger partial charge is 0.224 e. The first-order valence-electron chi connectivity index (χ1n) is 7.22. The number of carbonyl (C=O) groups excluding carboxylic acids is 1. The van der Waals surface area contributed by atoms with Crippen molar-refractivity contribution in [3.63, 3.8) is 0 Å². The van der Waals surface area contributed by atoms with Crippen LogP contribution in [0.25, 0.3) is 0 Å². The lowest BCUT2D eigenvalue weighted by molar-refractivity contribution is -0.124. The maximum Gasteiger partial charge on any atom is 0.224 e. The van der Waals surface area contributed by atoms with Gasteiger partial charge in [-0.2, -0.15) is 0 Å². The fraction of sp³-hybridized carbons (Fsp3) is 0.562. The molecule has 1 amide bonds. The standard InChI is InChI=1S/C16H26N2O2.ClH/c1-12(13(2)17)16(19)18-10-7-11-20-14(3)15-8-5-4-6-9-15;/h4-6,8-9,12-14H,7,10-11,17H2,1-3H3,(H,18,19);1H. The first-order valence-corrected chi connectivity index (χ1v) is 7.22. The number of nitrogens with two attached hydrogens (primary N) is 1. The Morgan fingerprint density at radius 1 is 1.24 bits per heavy atom. The molecule has 1 rings (SSSR count). The second kappa shape index (κ2) is 10.6. The van der Waals surface area contributed by atoms with Crippen molar-refractivity contribution in [2.45, 2.75) is 39.3 Å². The first kappa shape index (κ1) is 19.9. The maximum absolute atomic E-state index is 11.7. The molecule has 120 valence electrons. The van der Waals surface area contributed by atoms with Gasteiger partial charge in [0.05, 0.1) is 6.10 Å². The molecule has 1 aromatic carbocycles. The van der Waals surface area contributed by atoms with Gasteiger partial charge in [0.15, 0.2) is 0 Å². The molecule has 0 spiro atoms. The number of nitrogens with one attached hydrogen (secondary N) is 1. The second-order valence-electron chi connectivity index (χ2n) is 5.22. The molecule has 0 radical (unpaired) electrons. The molecule has 4 nitrogen and oxygen atoms in total. The van der Waals surface area contributed by atoms with Gasteiger partial charge >= 0.3 is 0 Å². The van der Waals surface area contributed by atoms with Crippen LogP contribution in [0.4, 0.5) is 0 Å². The summed E-state index contributed by atoms with van der Waals surface area (Å²) >= 11 is 0. The summed E-state index contributed by atoms with van der Waals surface area (Å²) in [6.45, 7) is 6.97. The fourth-order valence-electron chi connectivity index (χ4n) is 1.76. The minimum Gasteiger partial charge on any atom is -0.374 e. The molecule has 0 aliphatic heterocycles. The molecule has 3 unspecified atom stereocenters. The highest BCUT2D eigenvalue weighted by Crippen LogP contribution is 2.15. The van der Waals surface area contributed by atoms with Gasteiger partial charge in [0, 0.05) is 25.1 Å². The number of halogens is 1. The maximum atomic E-state index is 11.7. The van der Waals surface area contributed by atoms with Gasteiger partial charge < -0.3 is 15.8 Å². The molecule has 0 saturated carbocycles. The molecule has 0 heterocycles. The highest BCUT2D eigenvalue weighted by molar-refractivity contribution is 5.85. The van der Waals surface area contributed by atoms with Crippen molar-refractivity contribution >= 4 is 18.3 Å². The normalized spacial score (nSPS) is 14.7. The first-order chi connectivity index (χ1) is 9.52. The lowest BCUT2D eigenvalue weighted by atomic mass is 10.0. The topological polar surface area (TPSA) is 64.3 Å². The van der Waals surface area contributed by atoms with E-state index in [9.17, 15) is 4.79 Å². The fourth-order valence-corrected chi connectivity index (χ4v) is 1.76. The summed E-state index contributed by atoms with van der Waals surface area (Å²) in [5.74, 6) is -0.143. The van der Waals surface area contributed by atoms with Crippen molar-refractivity contribution in [1.82, 2.24) is 5.32 Å². The Morgan fingerprint density at radius 2 is 1.86 bits per heavy atom. The van der Waals surface area contributed by atoms with Crippen molar-refractivity contribution in [2.24, 2.45) is 11.7 Å². The average molecular weight is 315 g/mol. The number of carbonyl (C=O) groups is 1. The number of benzene rings is 1. The van der Waals surface area contributed by atoms with Gasteiger partial charge in [-0.15, -0.1) is 12.4 Å². The summed E-state index contributed by atoms with van der Waals surface area (Å²) < 4.78 is 5.74. The molecule has 0 saturated heterocycles. The van der Waals surface area contributed by atoms with E-state index in [1.165, 1.54) is 5.56 Å². The number of rotatable bonds is 8. The Labute approximate surface area is 133 Å². The predicted octanol–water partition coefficient (Wildman–Crippen LogP) is 2.68.